The van der Waals surface area contributed by atoms with Gasteiger partial charge in [-0.25, -0.2) is 14.0 Å². The van der Waals surface area contributed by atoms with Crippen LogP contribution in [0.25, 0.3) is 0 Å². The molecule has 1 heterocycles. The third kappa shape index (κ3) is 3.31. The average molecular weight is 354 g/mol. The van der Waals surface area contributed by atoms with Gasteiger partial charge in [0, 0.05) is 5.70 Å². The first-order chi connectivity index (χ1) is 12.5. The van der Waals surface area contributed by atoms with Crippen molar-refractivity contribution in [2.24, 2.45) is 0 Å². The summed E-state index contributed by atoms with van der Waals surface area (Å²) in [4.78, 5) is 26.8. The van der Waals surface area contributed by atoms with Crippen molar-refractivity contribution in [1.29, 1.82) is 0 Å². The number of nitrogens with one attached hydrogen (secondary N) is 1. The molecule has 0 saturated carbocycles. The Morgan fingerprint density at radius 2 is 1.81 bits per heavy atom. The van der Waals surface area contributed by atoms with Crippen LogP contribution in [0.4, 0.5) is 14.9 Å². The van der Waals surface area contributed by atoms with E-state index in [0.717, 1.165) is 0 Å². The molecule has 1 aliphatic heterocycles. The Morgan fingerprint density at radius 1 is 1.15 bits per heavy atom. The van der Waals surface area contributed by atoms with Gasteiger partial charge >= 0.3 is 12.0 Å². The highest BCUT2D eigenvalue weighted by molar-refractivity contribution is 6.03. The lowest BCUT2D eigenvalue weighted by Crippen LogP contribution is -2.48. The lowest BCUT2D eigenvalue weighted by Gasteiger charge is -2.35. The zero-order valence-corrected chi connectivity index (χ0v) is 14.5. The number of rotatable bonds is 4. The van der Waals surface area contributed by atoms with Gasteiger partial charge in [0.15, 0.2) is 0 Å². The Balaban J connectivity index is 2.11. The summed E-state index contributed by atoms with van der Waals surface area (Å²) < 4.78 is 18.5. The maximum atomic E-state index is 13.3. The van der Waals surface area contributed by atoms with E-state index in [1.54, 1.807) is 38.1 Å². The van der Waals surface area contributed by atoms with E-state index in [1.807, 2.05) is 18.2 Å². The van der Waals surface area contributed by atoms with Crippen LogP contribution < -0.4 is 10.2 Å². The molecule has 1 aliphatic rings. The number of hydrogen-bond acceptors (Lipinski definition) is 3. The van der Waals surface area contributed by atoms with E-state index in [1.165, 1.54) is 17.0 Å². The summed E-state index contributed by atoms with van der Waals surface area (Å²) in [5.41, 5.74) is 2.05. The fourth-order valence-corrected chi connectivity index (χ4v) is 3.01. The van der Waals surface area contributed by atoms with Crippen molar-refractivity contribution < 1.29 is 18.7 Å². The van der Waals surface area contributed by atoms with Gasteiger partial charge in [0.1, 0.15) is 5.82 Å². The molecule has 0 unspecified atom stereocenters. The van der Waals surface area contributed by atoms with Crippen LogP contribution in [0.1, 0.15) is 25.5 Å². The second-order valence-electron chi connectivity index (χ2n) is 5.82. The fraction of sp³-hybridized carbons (Fsp3) is 0.200. The number of ether oxygens (including phenoxy) is 1. The van der Waals surface area contributed by atoms with E-state index in [4.69, 9.17) is 4.74 Å². The number of amides is 2. The lowest BCUT2D eigenvalue weighted by molar-refractivity contribution is -0.139. The zero-order valence-electron chi connectivity index (χ0n) is 14.5. The molecule has 0 bridgehead atoms. The second kappa shape index (κ2) is 7.39. The molecule has 0 aliphatic carbocycles. The van der Waals surface area contributed by atoms with E-state index in [2.05, 4.69) is 5.32 Å². The first-order valence-electron chi connectivity index (χ1n) is 8.32. The molecular formula is C20H19FN2O3. The number of anilines is 1. The highest BCUT2D eigenvalue weighted by Crippen LogP contribution is 2.34. The van der Waals surface area contributed by atoms with E-state index < -0.39 is 12.0 Å². The lowest BCUT2D eigenvalue weighted by atomic mass is 9.94. The first kappa shape index (κ1) is 17.7. The first-order valence-corrected chi connectivity index (χ1v) is 8.32. The molecule has 1 N–H and O–H groups in total. The monoisotopic (exact) mass is 354 g/mol. The Hall–Kier alpha value is -3.15. The van der Waals surface area contributed by atoms with Gasteiger partial charge in [-0.1, -0.05) is 30.3 Å². The molecule has 2 aromatic rings. The fourth-order valence-electron chi connectivity index (χ4n) is 3.01. The number of carbonyl (C=O) groups excluding carboxylic acids is 2. The van der Waals surface area contributed by atoms with Crippen LogP contribution in [0, 0.1) is 5.82 Å². The average Bonchev–Trinajstić information content (AvgIpc) is 2.63. The summed E-state index contributed by atoms with van der Waals surface area (Å²) in [6.45, 7) is 3.64. The third-order valence-corrected chi connectivity index (χ3v) is 4.20. The molecule has 6 heteroatoms. The molecule has 3 rings (SSSR count). The molecule has 1 atom stereocenters. The summed E-state index contributed by atoms with van der Waals surface area (Å²) in [7, 11) is 0. The SMILES string of the molecule is CCOC(=O)C1=C(C)N(c2ccccc2)C(=O)N[C@H]1c1ccc(F)cc1. The van der Waals surface area contributed by atoms with Crippen molar-refractivity contribution in [1.82, 2.24) is 5.32 Å². The van der Waals surface area contributed by atoms with Crippen molar-refractivity contribution in [3.8, 4) is 0 Å². The van der Waals surface area contributed by atoms with Gasteiger partial charge in [0.25, 0.3) is 0 Å². The second-order valence-corrected chi connectivity index (χ2v) is 5.82. The quantitative estimate of drug-likeness (QED) is 0.846. The standard InChI is InChI=1S/C20H19FN2O3/c1-3-26-19(24)17-13(2)23(16-7-5-4-6-8-16)20(25)22-18(17)14-9-11-15(21)12-10-14/h4-12,18H,3H2,1-2H3,(H,22,25)/t18-/m0/s1. The van der Waals surface area contributed by atoms with Crippen LogP contribution in [0.15, 0.2) is 65.9 Å². The topological polar surface area (TPSA) is 58.6 Å². The van der Waals surface area contributed by atoms with Crippen molar-refractivity contribution in [3.63, 3.8) is 0 Å². The number of halogens is 1. The minimum Gasteiger partial charge on any atom is -0.463 e. The van der Waals surface area contributed by atoms with Crippen LogP contribution >= 0.6 is 0 Å². The molecule has 134 valence electrons. The van der Waals surface area contributed by atoms with Crippen LogP contribution in [0.2, 0.25) is 0 Å². The van der Waals surface area contributed by atoms with Gasteiger partial charge < -0.3 is 10.1 Å². The van der Waals surface area contributed by atoms with Crippen molar-refractivity contribution in [3.05, 3.63) is 77.2 Å². The summed E-state index contributed by atoms with van der Waals surface area (Å²) in [5, 5.41) is 2.83. The molecule has 0 saturated heterocycles. The number of carbonyl (C=O) groups is 2. The van der Waals surface area contributed by atoms with Crippen molar-refractivity contribution in [2.45, 2.75) is 19.9 Å². The highest BCUT2D eigenvalue weighted by Gasteiger charge is 2.37. The van der Waals surface area contributed by atoms with Gasteiger partial charge in [-0.3, -0.25) is 4.90 Å². The number of benzene rings is 2. The molecule has 26 heavy (non-hydrogen) atoms. The van der Waals surface area contributed by atoms with Gasteiger partial charge in [-0.15, -0.1) is 0 Å². The Labute approximate surface area is 151 Å². The molecule has 2 aromatic carbocycles. The molecule has 0 fully saturated rings. The van der Waals surface area contributed by atoms with Crippen molar-refractivity contribution >= 4 is 17.7 Å². The number of urea groups is 1. The van der Waals surface area contributed by atoms with Crippen LogP contribution in [0.5, 0.6) is 0 Å². The van der Waals surface area contributed by atoms with Gasteiger partial charge in [-0.05, 0) is 43.7 Å². The van der Waals surface area contributed by atoms with E-state index in [-0.39, 0.29) is 18.5 Å². The Kier molecular flexibility index (Phi) is 5.02. The minimum atomic E-state index is -0.706. The van der Waals surface area contributed by atoms with Gasteiger partial charge in [-0.2, -0.15) is 0 Å². The third-order valence-electron chi connectivity index (χ3n) is 4.20. The maximum Gasteiger partial charge on any atom is 0.338 e. The molecule has 2 amide bonds. The van der Waals surface area contributed by atoms with Gasteiger partial charge in [0.05, 0.1) is 23.9 Å². The summed E-state index contributed by atoms with van der Waals surface area (Å²) in [6, 6.07) is 13.6. The Bertz CT molecular complexity index is 847. The number of para-hydroxylation sites is 1. The highest BCUT2D eigenvalue weighted by atomic mass is 19.1. The molecule has 0 spiro atoms. The van der Waals surface area contributed by atoms with Crippen LogP contribution in [-0.4, -0.2) is 18.6 Å². The van der Waals surface area contributed by atoms with Crippen LogP contribution in [0.3, 0.4) is 0 Å². The van der Waals surface area contributed by atoms with Crippen molar-refractivity contribution in [2.75, 3.05) is 11.5 Å². The predicted molar refractivity (Wildman–Crippen MR) is 95.9 cm³/mol. The van der Waals surface area contributed by atoms with E-state index in [9.17, 15) is 14.0 Å². The predicted octanol–water partition coefficient (Wildman–Crippen LogP) is 3.93. The number of nitrogens with zero attached hydrogens (tertiary/aromatic N) is 1. The molecule has 0 radical (unpaired) electrons. The molecule has 5 nitrogen and oxygen atoms in total. The largest absolute Gasteiger partial charge is 0.463 e. The molecule has 0 aromatic heterocycles. The summed E-state index contributed by atoms with van der Waals surface area (Å²) in [6.07, 6.45) is 0. The van der Waals surface area contributed by atoms with Crippen LogP contribution in [-0.2, 0) is 9.53 Å². The van der Waals surface area contributed by atoms with Gasteiger partial charge in [0.2, 0.25) is 0 Å². The number of esters is 1. The van der Waals surface area contributed by atoms with E-state index >= 15 is 0 Å². The smallest absolute Gasteiger partial charge is 0.338 e. The minimum absolute atomic E-state index is 0.213. The zero-order chi connectivity index (χ0) is 18.7. The Morgan fingerprint density at radius 3 is 2.42 bits per heavy atom. The normalized spacial score (nSPS) is 17.1. The number of hydrogen-bond donors (Lipinski definition) is 1. The summed E-state index contributed by atoms with van der Waals surface area (Å²) >= 11 is 0. The number of allylic oxidation sites excluding steroid dienone is 1. The maximum absolute atomic E-state index is 13.3. The summed E-state index contributed by atoms with van der Waals surface area (Å²) in [5.74, 6) is -0.902. The molecular weight excluding hydrogens is 335 g/mol. The van der Waals surface area contributed by atoms with E-state index in [0.29, 0.717) is 22.5 Å².